The van der Waals surface area contributed by atoms with E-state index in [1.807, 2.05) is 0 Å². The van der Waals surface area contributed by atoms with Gasteiger partial charge in [0.05, 0.1) is 0 Å². The molecule has 1 rings (SSSR count). The highest BCUT2D eigenvalue weighted by atomic mass is 16.3. The molecule has 3 nitrogen and oxygen atoms in total. The number of piperidine rings is 1. The largest absolute Gasteiger partial charge is 0.396 e. The van der Waals surface area contributed by atoms with Gasteiger partial charge in [0.15, 0.2) is 0 Å². The number of nitrogens with one attached hydrogen (secondary N) is 1. The van der Waals surface area contributed by atoms with Gasteiger partial charge in [-0.3, -0.25) is 5.43 Å². The fraction of sp³-hybridized carbons (Fsp3) is 1.00. The topological polar surface area (TPSA) is 35.5 Å². The molecular formula is C12H26N2O. The molecule has 0 atom stereocenters. The monoisotopic (exact) mass is 214 g/mol. The summed E-state index contributed by atoms with van der Waals surface area (Å²) in [7, 11) is 0. The van der Waals surface area contributed by atoms with E-state index in [1.54, 1.807) is 0 Å². The lowest BCUT2D eigenvalue weighted by Crippen LogP contribution is -2.47. The normalized spacial score (nSPS) is 19.4. The van der Waals surface area contributed by atoms with Gasteiger partial charge in [0.25, 0.3) is 0 Å². The standard InChI is InChI=1S/C12H26N2O/c1-3-12(4-2,11-15)10-13-14-8-6-5-7-9-14/h13,15H,3-11H2,1-2H3. The van der Waals surface area contributed by atoms with Crippen LogP contribution in [0.25, 0.3) is 0 Å². The summed E-state index contributed by atoms with van der Waals surface area (Å²) in [6.45, 7) is 7.86. The molecule has 0 amide bonds. The van der Waals surface area contributed by atoms with Crippen LogP contribution in [0, 0.1) is 5.41 Å². The molecule has 0 bridgehead atoms. The summed E-state index contributed by atoms with van der Waals surface area (Å²) in [5.74, 6) is 0. The van der Waals surface area contributed by atoms with Gasteiger partial charge in [0.2, 0.25) is 0 Å². The van der Waals surface area contributed by atoms with Gasteiger partial charge in [-0.05, 0) is 25.7 Å². The lowest BCUT2D eigenvalue weighted by atomic mass is 9.83. The number of aliphatic hydroxyl groups excluding tert-OH is 1. The van der Waals surface area contributed by atoms with Crippen molar-refractivity contribution in [3.05, 3.63) is 0 Å². The highest BCUT2D eigenvalue weighted by Crippen LogP contribution is 2.24. The molecule has 1 aliphatic rings. The van der Waals surface area contributed by atoms with Crippen molar-refractivity contribution in [2.45, 2.75) is 46.0 Å². The predicted molar refractivity (Wildman–Crippen MR) is 63.5 cm³/mol. The van der Waals surface area contributed by atoms with Gasteiger partial charge in [-0.25, -0.2) is 5.01 Å². The van der Waals surface area contributed by atoms with Crippen LogP contribution < -0.4 is 5.43 Å². The van der Waals surface area contributed by atoms with E-state index in [-0.39, 0.29) is 5.41 Å². The highest BCUT2D eigenvalue weighted by Gasteiger charge is 2.25. The predicted octanol–water partition coefficient (Wildman–Crippen LogP) is 1.78. The molecule has 0 aromatic rings. The average molecular weight is 214 g/mol. The fourth-order valence-electron chi connectivity index (χ4n) is 2.11. The van der Waals surface area contributed by atoms with Crippen molar-refractivity contribution in [3.8, 4) is 0 Å². The lowest BCUT2D eigenvalue weighted by Gasteiger charge is -2.34. The molecule has 1 heterocycles. The molecule has 0 aliphatic carbocycles. The van der Waals surface area contributed by atoms with Crippen LogP contribution in [0.2, 0.25) is 0 Å². The summed E-state index contributed by atoms with van der Waals surface area (Å²) in [5, 5.41) is 11.8. The third-order valence-corrected chi connectivity index (χ3v) is 3.87. The molecule has 0 spiro atoms. The van der Waals surface area contributed by atoms with E-state index in [0.717, 1.165) is 32.5 Å². The zero-order valence-corrected chi connectivity index (χ0v) is 10.3. The van der Waals surface area contributed by atoms with Crippen molar-refractivity contribution in [1.82, 2.24) is 10.4 Å². The van der Waals surface area contributed by atoms with Gasteiger partial charge in [-0.15, -0.1) is 0 Å². The minimum Gasteiger partial charge on any atom is -0.396 e. The molecule has 3 heteroatoms. The smallest absolute Gasteiger partial charge is 0.0499 e. The van der Waals surface area contributed by atoms with Crippen LogP contribution in [0.3, 0.4) is 0 Å². The maximum absolute atomic E-state index is 9.45. The minimum absolute atomic E-state index is 0.0808. The van der Waals surface area contributed by atoms with E-state index in [2.05, 4.69) is 24.3 Å². The fourth-order valence-corrected chi connectivity index (χ4v) is 2.11. The van der Waals surface area contributed by atoms with Crippen molar-refractivity contribution in [2.24, 2.45) is 5.41 Å². The summed E-state index contributed by atoms with van der Waals surface area (Å²) < 4.78 is 0. The molecule has 90 valence electrons. The third kappa shape index (κ3) is 3.74. The summed E-state index contributed by atoms with van der Waals surface area (Å²) in [6, 6.07) is 0. The second kappa shape index (κ2) is 6.46. The van der Waals surface area contributed by atoms with Crippen LogP contribution >= 0.6 is 0 Å². The Morgan fingerprint density at radius 1 is 1.13 bits per heavy atom. The summed E-state index contributed by atoms with van der Waals surface area (Å²) in [5.41, 5.74) is 3.57. The van der Waals surface area contributed by atoms with E-state index in [4.69, 9.17) is 0 Å². The maximum Gasteiger partial charge on any atom is 0.0499 e. The van der Waals surface area contributed by atoms with Crippen molar-refractivity contribution in [3.63, 3.8) is 0 Å². The van der Waals surface area contributed by atoms with Crippen LogP contribution in [0.5, 0.6) is 0 Å². The zero-order chi connectivity index (χ0) is 11.1. The van der Waals surface area contributed by atoms with Crippen molar-refractivity contribution >= 4 is 0 Å². The summed E-state index contributed by atoms with van der Waals surface area (Å²) in [6.07, 6.45) is 6.06. The van der Waals surface area contributed by atoms with Crippen LogP contribution in [0.1, 0.15) is 46.0 Å². The summed E-state index contributed by atoms with van der Waals surface area (Å²) in [4.78, 5) is 0. The van der Waals surface area contributed by atoms with Crippen LogP contribution in [0.4, 0.5) is 0 Å². The van der Waals surface area contributed by atoms with Crippen LogP contribution in [-0.4, -0.2) is 36.4 Å². The zero-order valence-electron chi connectivity index (χ0n) is 10.3. The van der Waals surface area contributed by atoms with E-state index in [9.17, 15) is 5.11 Å². The quantitative estimate of drug-likeness (QED) is 0.707. The number of hydrazine groups is 1. The Hall–Kier alpha value is -0.120. The average Bonchev–Trinajstić information content (AvgIpc) is 2.33. The highest BCUT2D eigenvalue weighted by molar-refractivity contribution is 4.78. The number of hydrogen-bond donors (Lipinski definition) is 2. The molecule has 0 aromatic carbocycles. The lowest BCUT2D eigenvalue weighted by molar-refractivity contribution is 0.0664. The van der Waals surface area contributed by atoms with Crippen LogP contribution in [-0.2, 0) is 0 Å². The first-order valence-corrected chi connectivity index (χ1v) is 6.35. The molecule has 15 heavy (non-hydrogen) atoms. The molecule has 0 aromatic heterocycles. The van der Waals surface area contributed by atoms with E-state index in [1.165, 1.54) is 19.3 Å². The van der Waals surface area contributed by atoms with E-state index < -0.39 is 0 Å². The van der Waals surface area contributed by atoms with E-state index in [0.29, 0.717) is 6.61 Å². The van der Waals surface area contributed by atoms with Gasteiger partial charge in [-0.2, -0.15) is 0 Å². The Morgan fingerprint density at radius 2 is 1.73 bits per heavy atom. The van der Waals surface area contributed by atoms with Gasteiger partial charge >= 0.3 is 0 Å². The van der Waals surface area contributed by atoms with E-state index >= 15 is 0 Å². The molecular weight excluding hydrogens is 188 g/mol. The Labute approximate surface area is 93.8 Å². The van der Waals surface area contributed by atoms with Gasteiger partial charge in [0.1, 0.15) is 0 Å². The molecule has 2 N–H and O–H groups in total. The maximum atomic E-state index is 9.45. The van der Waals surface area contributed by atoms with Gasteiger partial charge in [0, 0.05) is 31.7 Å². The Bertz CT molecular complexity index is 155. The Kier molecular flexibility index (Phi) is 5.58. The first kappa shape index (κ1) is 12.9. The second-order valence-corrected chi connectivity index (χ2v) is 4.75. The molecule has 0 radical (unpaired) electrons. The molecule has 0 unspecified atom stereocenters. The van der Waals surface area contributed by atoms with Gasteiger partial charge in [-0.1, -0.05) is 20.3 Å². The first-order valence-electron chi connectivity index (χ1n) is 6.35. The molecule has 0 saturated carbocycles. The van der Waals surface area contributed by atoms with Crippen molar-refractivity contribution in [2.75, 3.05) is 26.2 Å². The van der Waals surface area contributed by atoms with Gasteiger partial charge < -0.3 is 5.11 Å². The SMILES string of the molecule is CCC(CC)(CO)CNN1CCCCC1. The number of hydrogen-bond acceptors (Lipinski definition) is 3. The first-order chi connectivity index (χ1) is 7.26. The second-order valence-electron chi connectivity index (χ2n) is 4.75. The third-order valence-electron chi connectivity index (χ3n) is 3.87. The molecule has 1 fully saturated rings. The number of rotatable bonds is 6. The number of nitrogens with zero attached hydrogens (tertiary/aromatic N) is 1. The Balaban J connectivity index is 2.31. The molecule has 1 aliphatic heterocycles. The molecule has 1 saturated heterocycles. The van der Waals surface area contributed by atoms with Crippen LogP contribution in [0.15, 0.2) is 0 Å². The number of aliphatic hydroxyl groups is 1. The van der Waals surface area contributed by atoms with Crippen molar-refractivity contribution < 1.29 is 5.11 Å². The minimum atomic E-state index is 0.0808. The Morgan fingerprint density at radius 3 is 2.20 bits per heavy atom. The van der Waals surface area contributed by atoms with Crippen molar-refractivity contribution in [1.29, 1.82) is 0 Å². The summed E-state index contributed by atoms with van der Waals surface area (Å²) >= 11 is 0.